The SMILES string of the molecule is CCC1(OC(=O)C2CC(OC(=O)CCC(=O)OC(C)C(F)(F)S(=O)(=O)O)C(=O)O2)CCCC1. The lowest BCUT2D eigenvalue weighted by Crippen LogP contribution is -2.42. The molecule has 1 saturated heterocycles. The minimum absolute atomic E-state index is 0.273. The van der Waals surface area contributed by atoms with E-state index >= 15 is 0 Å². The molecule has 2 rings (SSSR count). The molecule has 1 N–H and O–H groups in total. The normalized spacial score (nSPS) is 23.5. The highest BCUT2D eigenvalue weighted by molar-refractivity contribution is 7.86. The summed E-state index contributed by atoms with van der Waals surface area (Å²) >= 11 is 0. The van der Waals surface area contributed by atoms with Crippen LogP contribution in [0.2, 0.25) is 0 Å². The van der Waals surface area contributed by atoms with Crippen molar-refractivity contribution in [3.63, 3.8) is 0 Å². The first kappa shape index (κ1) is 26.9. The summed E-state index contributed by atoms with van der Waals surface area (Å²) < 4.78 is 76.1. The summed E-state index contributed by atoms with van der Waals surface area (Å²) in [7, 11) is -5.82. The molecule has 0 aromatic heterocycles. The molecule has 1 aliphatic heterocycles. The van der Waals surface area contributed by atoms with Gasteiger partial charge >= 0.3 is 39.2 Å². The van der Waals surface area contributed by atoms with Crippen molar-refractivity contribution < 1.29 is 59.9 Å². The molecule has 14 heteroatoms. The quantitative estimate of drug-likeness (QED) is 0.264. The lowest BCUT2D eigenvalue weighted by atomic mass is 9.98. The molecule has 0 aromatic rings. The maximum atomic E-state index is 13.4. The molecule has 2 aliphatic rings. The minimum atomic E-state index is -5.82. The number of carbonyl (C=O) groups excluding carboxylic acids is 4. The predicted molar refractivity (Wildman–Crippen MR) is 103 cm³/mol. The zero-order valence-corrected chi connectivity index (χ0v) is 18.9. The van der Waals surface area contributed by atoms with Crippen molar-refractivity contribution in [2.75, 3.05) is 0 Å². The fourth-order valence-corrected chi connectivity index (χ4v) is 4.05. The third kappa shape index (κ3) is 6.59. The molecule has 0 spiro atoms. The summed E-state index contributed by atoms with van der Waals surface area (Å²) in [6.07, 6.45) is -3.02. The second-order valence-electron chi connectivity index (χ2n) is 7.97. The van der Waals surface area contributed by atoms with Gasteiger partial charge in [-0.1, -0.05) is 6.92 Å². The highest BCUT2D eigenvalue weighted by Gasteiger charge is 2.52. The van der Waals surface area contributed by atoms with Crippen LogP contribution in [-0.2, 0) is 48.2 Å². The van der Waals surface area contributed by atoms with E-state index in [-0.39, 0.29) is 6.42 Å². The van der Waals surface area contributed by atoms with Gasteiger partial charge in [-0.15, -0.1) is 0 Å². The van der Waals surface area contributed by atoms with Crippen molar-refractivity contribution in [2.24, 2.45) is 0 Å². The van der Waals surface area contributed by atoms with Gasteiger partial charge in [-0.3, -0.25) is 14.1 Å². The average Bonchev–Trinajstić information content (AvgIpc) is 3.33. The molecule has 0 bridgehead atoms. The average molecular weight is 500 g/mol. The van der Waals surface area contributed by atoms with Gasteiger partial charge in [0.15, 0.2) is 6.10 Å². The first-order valence-corrected chi connectivity index (χ1v) is 11.8. The predicted octanol–water partition coefficient (Wildman–Crippen LogP) is 1.67. The number of hydrogen-bond acceptors (Lipinski definition) is 10. The Balaban J connectivity index is 1.80. The van der Waals surface area contributed by atoms with Crippen LogP contribution in [0.25, 0.3) is 0 Å². The van der Waals surface area contributed by atoms with E-state index in [2.05, 4.69) is 4.74 Å². The minimum Gasteiger partial charge on any atom is -0.456 e. The van der Waals surface area contributed by atoms with Crippen molar-refractivity contribution in [1.29, 1.82) is 0 Å². The molecule has 0 radical (unpaired) electrons. The van der Waals surface area contributed by atoms with E-state index in [9.17, 15) is 36.4 Å². The van der Waals surface area contributed by atoms with Gasteiger partial charge in [0.2, 0.25) is 12.2 Å². The molecule has 188 valence electrons. The van der Waals surface area contributed by atoms with Gasteiger partial charge in [0.05, 0.1) is 12.8 Å². The summed E-state index contributed by atoms with van der Waals surface area (Å²) in [4.78, 5) is 47.8. The zero-order valence-electron chi connectivity index (χ0n) is 18.1. The van der Waals surface area contributed by atoms with Crippen molar-refractivity contribution >= 4 is 34.0 Å². The van der Waals surface area contributed by atoms with Crippen LogP contribution >= 0.6 is 0 Å². The van der Waals surface area contributed by atoms with Crippen molar-refractivity contribution in [2.45, 2.75) is 94.4 Å². The van der Waals surface area contributed by atoms with E-state index in [4.69, 9.17) is 18.8 Å². The van der Waals surface area contributed by atoms with Crippen LogP contribution < -0.4 is 0 Å². The molecular formula is C19H26F2O11S. The Morgan fingerprint density at radius 1 is 1.21 bits per heavy atom. The lowest BCUT2D eigenvalue weighted by molar-refractivity contribution is -0.175. The number of hydrogen-bond donors (Lipinski definition) is 1. The van der Waals surface area contributed by atoms with Gasteiger partial charge < -0.3 is 18.9 Å². The van der Waals surface area contributed by atoms with Gasteiger partial charge in [0, 0.05) is 6.42 Å². The third-order valence-electron chi connectivity index (χ3n) is 5.62. The molecule has 1 saturated carbocycles. The summed E-state index contributed by atoms with van der Waals surface area (Å²) in [5.74, 6) is -4.13. The second-order valence-corrected chi connectivity index (χ2v) is 9.47. The Labute approximate surface area is 188 Å². The Hall–Kier alpha value is -2.35. The monoisotopic (exact) mass is 500 g/mol. The lowest BCUT2D eigenvalue weighted by Gasteiger charge is -2.28. The number of esters is 4. The summed E-state index contributed by atoms with van der Waals surface area (Å²) in [6.45, 7) is 2.44. The number of halogens is 2. The Kier molecular flexibility index (Phi) is 8.38. The third-order valence-corrected chi connectivity index (χ3v) is 6.64. The molecule has 2 fully saturated rings. The van der Waals surface area contributed by atoms with Gasteiger partial charge in [-0.25, -0.2) is 9.59 Å². The standard InChI is InChI=1S/C19H26F2O11S/c1-3-18(8-4-5-9-18)32-17(25)13-10-12(16(24)31-13)30-15(23)7-6-14(22)29-11(2)19(20,21)33(26,27)28/h11-13H,3-10H2,1-2H3,(H,26,27,28). The topological polar surface area (TPSA) is 160 Å². The van der Waals surface area contributed by atoms with Crippen LogP contribution in [0, 0.1) is 0 Å². The molecule has 0 aromatic carbocycles. The van der Waals surface area contributed by atoms with E-state index in [1.54, 1.807) is 0 Å². The van der Waals surface area contributed by atoms with E-state index < -0.39 is 76.0 Å². The van der Waals surface area contributed by atoms with Crippen LogP contribution in [0.15, 0.2) is 0 Å². The summed E-state index contributed by atoms with van der Waals surface area (Å²) in [5, 5.41) is -4.74. The molecule has 1 aliphatic carbocycles. The molecule has 11 nitrogen and oxygen atoms in total. The van der Waals surface area contributed by atoms with Crippen LogP contribution in [-0.4, -0.2) is 66.0 Å². The van der Waals surface area contributed by atoms with Crippen molar-refractivity contribution in [3.05, 3.63) is 0 Å². The number of rotatable bonds is 10. The Bertz CT molecular complexity index is 880. The molecule has 33 heavy (non-hydrogen) atoms. The highest BCUT2D eigenvalue weighted by Crippen LogP contribution is 2.37. The zero-order chi connectivity index (χ0) is 25.0. The Morgan fingerprint density at radius 3 is 2.33 bits per heavy atom. The fourth-order valence-electron chi connectivity index (χ4n) is 3.58. The highest BCUT2D eigenvalue weighted by atomic mass is 32.2. The van der Waals surface area contributed by atoms with E-state index in [1.807, 2.05) is 6.92 Å². The first-order chi connectivity index (χ1) is 15.2. The van der Waals surface area contributed by atoms with Crippen molar-refractivity contribution in [1.82, 2.24) is 0 Å². The van der Waals surface area contributed by atoms with E-state index in [1.165, 1.54) is 0 Å². The molecular weight excluding hydrogens is 474 g/mol. The van der Waals surface area contributed by atoms with Crippen LogP contribution in [0.1, 0.15) is 65.2 Å². The number of cyclic esters (lactones) is 1. The first-order valence-electron chi connectivity index (χ1n) is 10.4. The number of ether oxygens (including phenoxy) is 4. The van der Waals surface area contributed by atoms with E-state index in [0.717, 1.165) is 12.8 Å². The van der Waals surface area contributed by atoms with E-state index in [0.29, 0.717) is 26.2 Å². The smallest absolute Gasteiger partial charge is 0.405 e. The number of carbonyl (C=O) groups is 4. The fraction of sp³-hybridized carbons (Fsp3) is 0.789. The van der Waals surface area contributed by atoms with Gasteiger partial charge in [0.1, 0.15) is 5.60 Å². The van der Waals surface area contributed by atoms with Crippen LogP contribution in [0.3, 0.4) is 0 Å². The maximum Gasteiger partial charge on any atom is 0.405 e. The van der Waals surface area contributed by atoms with Crippen molar-refractivity contribution in [3.8, 4) is 0 Å². The maximum absolute atomic E-state index is 13.4. The summed E-state index contributed by atoms with van der Waals surface area (Å²) in [6, 6.07) is 0. The van der Waals surface area contributed by atoms with Gasteiger partial charge in [-0.05, 0) is 39.0 Å². The van der Waals surface area contributed by atoms with Gasteiger partial charge in [-0.2, -0.15) is 17.2 Å². The summed E-state index contributed by atoms with van der Waals surface area (Å²) in [5.41, 5.74) is -0.595. The van der Waals surface area contributed by atoms with Gasteiger partial charge in [0.25, 0.3) is 0 Å². The molecule has 0 amide bonds. The Morgan fingerprint density at radius 2 is 1.79 bits per heavy atom. The molecule has 3 unspecified atom stereocenters. The largest absolute Gasteiger partial charge is 0.456 e. The van der Waals surface area contributed by atoms with Crippen LogP contribution in [0.5, 0.6) is 0 Å². The molecule has 3 atom stereocenters. The number of alkyl halides is 2. The second kappa shape index (κ2) is 10.3. The molecule has 1 heterocycles. The van der Waals surface area contributed by atoms with Crippen LogP contribution in [0.4, 0.5) is 8.78 Å².